The van der Waals surface area contributed by atoms with Gasteiger partial charge in [-0.05, 0) is 18.9 Å². The molecule has 1 aliphatic rings. The minimum Gasteiger partial charge on any atom is -0.348 e. The van der Waals surface area contributed by atoms with Gasteiger partial charge >= 0.3 is 0 Å². The molecule has 0 aromatic heterocycles. The molecule has 12 heavy (non-hydrogen) atoms. The molecule has 0 bridgehead atoms. The van der Waals surface area contributed by atoms with Crippen molar-refractivity contribution in [3.05, 3.63) is 12.7 Å². The van der Waals surface area contributed by atoms with E-state index in [4.69, 9.17) is 5.73 Å². The van der Waals surface area contributed by atoms with Crippen molar-refractivity contribution in [2.24, 2.45) is 5.73 Å². The van der Waals surface area contributed by atoms with Crippen molar-refractivity contribution >= 4 is 5.91 Å². The Bertz CT molecular complexity index is 179. The summed E-state index contributed by atoms with van der Waals surface area (Å²) in [5.41, 5.74) is 5.83. The number of rotatable bonds is 2. The molecule has 3 nitrogen and oxygen atoms in total. The van der Waals surface area contributed by atoms with E-state index < -0.39 is 0 Å². The Morgan fingerprint density at radius 1 is 1.50 bits per heavy atom. The van der Waals surface area contributed by atoms with E-state index in [0.29, 0.717) is 0 Å². The van der Waals surface area contributed by atoms with Crippen LogP contribution >= 0.6 is 0 Å². The molecule has 0 aromatic rings. The number of hydrogen-bond acceptors (Lipinski definition) is 2. The summed E-state index contributed by atoms with van der Waals surface area (Å²) in [4.78, 5) is 10.9. The molecule has 68 valence electrons. The van der Waals surface area contributed by atoms with Crippen LogP contribution in [0.1, 0.15) is 25.7 Å². The van der Waals surface area contributed by atoms with E-state index in [2.05, 4.69) is 11.9 Å². The molecule has 0 heterocycles. The molecule has 0 aromatic carbocycles. The lowest BCUT2D eigenvalue weighted by molar-refractivity contribution is -0.117. The first-order valence-corrected chi connectivity index (χ1v) is 4.42. The van der Waals surface area contributed by atoms with Crippen molar-refractivity contribution < 1.29 is 4.79 Å². The lowest BCUT2D eigenvalue weighted by Crippen LogP contribution is -2.48. The van der Waals surface area contributed by atoms with E-state index in [9.17, 15) is 4.79 Å². The molecule has 3 heteroatoms. The highest BCUT2D eigenvalue weighted by Crippen LogP contribution is 2.16. The maximum atomic E-state index is 10.9. The highest BCUT2D eigenvalue weighted by molar-refractivity contribution is 5.87. The molecular formula is C9H16N2O. The average molecular weight is 168 g/mol. The van der Waals surface area contributed by atoms with Gasteiger partial charge in [0.05, 0.1) is 0 Å². The van der Waals surface area contributed by atoms with Crippen LogP contribution in [0.15, 0.2) is 12.7 Å². The standard InChI is InChI=1S/C9H16N2O/c1-2-9(12)11-8-6-4-3-5-7(8)10/h2,7-8H,1,3-6,10H2,(H,11,12)/t7-,8-/m1/s1. The second-order valence-corrected chi connectivity index (χ2v) is 3.27. The number of amides is 1. The lowest BCUT2D eigenvalue weighted by atomic mass is 9.91. The summed E-state index contributed by atoms with van der Waals surface area (Å²) in [5, 5.41) is 2.84. The van der Waals surface area contributed by atoms with Crippen molar-refractivity contribution in [2.45, 2.75) is 37.8 Å². The van der Waals surface area contributed by atoms with Gasteiger partial charge in [0.25, 0.3) is 0 Å². The topological polar surface area (TPSA) is 55.1 Å². The van der Waals surface area contributed by atoms with Crippen LogP contribution in [-0.2, 0) is 4.79 Å². The summed E-state index contributed by atoms with van der Waals surface area (Å²) < 4.78 is 0. The summed E-state index contributed by atoms with van der Waals surface area (Å²) >= 11 is 0. The molecule has 1 saturated carbocycles. The second kappa shape index (κ2) is 4.26. The third-order valence-electron chi connectivity index (χ3n) is 2.33. The maximum Gasteiger partial charge on any atom is 0.243 e. The van der Waals surface area contributed by atoms with Crippen LogP contribution in [0.25, 0.3) is 0 Å². The van der Waals surface area contributed by atoms with E-state index >= 15 is 0 Å². The van der Waals surface area contributed by atoms with E-state index in [1.54, 1.807) is 0 Å². The summed E-state index contributed by atoms with van der Waals surface area (Å²) in [5.74, 6) is -0.114. The predicted molar refractivity (Wildman–Crippen MR) is 48.6 cm³/mol. The zero-order valence-electron chi connectivity index (χ0n) is 7.25. The fourth-order valence-electron chi connectivity index (χ4n) is 1.58. The molecule has 1 aliphatic carbocycles. The number of carbonyl (C=O) groups excluding carboxylic acids is 1. The number of nitrogens with two attached hydrogens (primary N) is 1. The highest BCUT2D eigenvalue weighted by Gasteiger charge is 2.22. The molecular weight excluding hydrogens is 152 g/mol. The van der Waals surface area contributed by atoms with Gasteiger partial charge in [0.1, 0.15) is 0 Å². The average Bonchev–Trinajstić information content (AvgIpc) is 2.09. The van der Waals surface area contributed by atoms with Crippen LogP contribution in [0.4, 0.5) is 0 Å². The first kappa shape index (κ1) is 9.26. The Morgan fingerprint density at radius 2 is 2.17 bits per heavy atom. The van der Waals surface area contributed by atoms with Crippen molar-refractivity contribution in [3.8, 4) is 0 Å². The summed E-state index contributed by atoms with van der Waals surface area (Å²) in [7, 11) is 0. The summed E-state index contributed by atoms with van der Waals surface area (Å²) in [6.45, 7) is 3.40. The molecule has 0 unspecified atom stereocenters. The fraction of sp³-hybridized carbons (Fsp3) is 0.667. The van der Waals surface area contributed by atoms with Gasteiger partial charge in [-0.1, -0.05) is 19.4 Å². The Balaban J connectivity index is 2.38. The molecule has 0 aliphatic heterocycles. The Kier molecular flexibility index (Phi) is 3.29. The minimum atomic E-state index is -0.114. The predicted octanol–water partition coefficient (Wildman–Crippen LogP) is 0.558. The Morgan fingerprint density at radius 3 is 2.75 bits per heavy atom. The SMILES string of the molecule is C=CC(=O)N[C@@H]1CCCC[C@H]1N. The monoisotopic (exact) mass is 168 g/mol. The smallest absolute Gasteiger partial charge is 0.243 e. The van der Waals surface area contributed by atoms with Gasteiger partial charge in [-0.15, -0.1) is 0 Å². The van der Waals surface area contributed by atoms with Crippen LogP contribution < -0.4 is 11.1 Å². The fourth-order valence-corrected chi connectivity index (χ4v) is 1.58. The molecule has 0 radical (unpaired) electrons. The highest BCUT2D eigenvalue weighted by atomic mass is 16.1. The van der Waals surface area contributed by atoms with Crippen LogP contribution in [-0.4, -0.2) is 18.0 Å². The van der Waals surface area contributed by atoms with Gasteiger partial charge in [-0.2, -0.15) is 0 Å². The summed E-state index contributed by atoms with van der Waals surface area (Å²) in [6, 6.07) is 0.284. The second-order valence-electron chi connectivity index (χ2n) is 3.27. The molecule has 1 amide bonds. The van der Waals surface area contributed by atoms with Crippen LogP contribution in [0, 0.1) is 0 Å². The maximum absolute atomic E-state index is 10.9. The summed E-state index contributed by atoms with van der Waals surface area (Å²) in [6.07, 6.45) is 5.65. The zero-order chi connectivity index (χ0) is 8.97. The van der Waals surface area contributed by atoms with Crippen LogP contribution in [0.3, 0.4) is 0 Å². The molecule has 2 atom stereocenters. The van der Waals surface area contributed by atoms with Crippen LogP contribution in [0.2, 0.25) is 0 Å². The molecule has 0 spiro atoms. The molecule has 0 saturated heterocycles. The van der Waals surface area contributed by atoms with Crippen molar-refractivity contribution in [2.75, 3.05) is 0 Å². The minimum absolute atomic E-state index is 0.114. The van der Waals surface area contributed by atoms with Gasteiger partial charge in [0, 0.05) is 12.1 Å². The molecule has 3 N–H and O–H groups in total. The first-order valence-electron chi connectivity index (χ1n) is 4.42. The molecule has 1 rings (SSSR count). The number of hydrogen-bond donors (Lipinski definition) is 2. The number of carbonyl (C=O) groups is 1. The van der Waals surface area contributed by atoms with E-state index in [1.807, 2.05) is 0 Å². The van der Waals surface area contributed by atoms with Gasteiger partial charge < -0.3 is 11.1 Å². The first-order chi connectivity index (χ1) is 5.74. The quantitative estimate of drug-likeness (QED) is 0.592. The van der Waals surface area contributed by atoms with Gasteiger partial charge in [0.2, 0.25) is 5.91 Å². The van der Waals surface area contributed by atoms with E-state index in [-0.39, 0.29) is 18.0 Å². The lowest BCUT2D eigenvalue weighted by Gasteiger charge is -2.28. The van der Waals surface area contributed by atoms with Gasteiger partial charge in [-0.25, -0.2) is 0 Å². The zero-order valence-corrected chi connectivity index (χ0v) is 7.25. The Labute approximate surface area is 73.0 Å². The van der Waals surface area contributed by atoms with Gasteiger partial charge in [-0.3, -0.25) is 4.79 Å². The largest absolute Gasteiger partial charge is 0.348 e. The van der Waals surface area contributed by atoms with Crippen LogP contribution in [0.5, 0.6) is 0 Å². The van der Waals surface area contributed by atoms with E-state index in [0.717, 1.165) is 19.3 Å². The van der Waals surface area contributed by atoms with Crippen molar-refractivity contribution in [3.63, 3.8) is 0 Å². The van der Waals surface area contributed by atoms with Gasteiger partial charge in [0.15, 0.2) is 0 Å². The van der Waals surface area contributed by atoms with Crippen molar-refractivity contribution in [1.82, 2.24) is 5.32 Å². The third kappa shape index (κ3) is 2.34. The van der Waals surface area contributed by atoms with E-state index in [1.165, 1.54) is 12.5 Å². The number of nitrogens with one attached hydrogen (secondary N) is 1. The van der Waals surface area contributed by atoms with Crippen molar-refractivity contribution in [1.29, 1.82) is 0 Å². The third-order valence-corrected chi connectivity index (χ3v) is 2.33. The normalized spacial score (nSPS) is 29.4. The Hall–Kier alpha value is -0.830. The molecule has 1 fully saturated rings.